The van der Waals surface area contributed by atoms with Crippen molar-refractivity contribution in [3.63, 3.8) is 0 Å². The second kappa shape index (κ2) is 5.95. The molecule has 3 rings (SSSR count). The predicted octanol–water partition coefficient (Wildman–Crippen LogP) is 5.06. The van der Waals surface area contributed by atoms with Crippen molar-refractivity contribution in [3.05, 3.63) is 45.1 Å². The van der Waals surface area contributed by atoms with Crippen molar-refractivity contribution in [2.75, 3.05) is 0 Å². The van der Waals surface area contributed by atoms with E-state index >= 15 is 0 Å². The lowest BCUT2D eigenvalue weighted by molar-refractivity contribution is 0.738. The van der Waals surface area contributed by atoms with Gasteiger partial charge in [-0.25, -0.2) is 9.97 Å². The summed E-state index contributed by atoms with van der Waals surface area (Å²) in [5, 5.41) is 1.53. The van der Waals surface area contributed by atoms with Crippen LogP contribution in [0.3, 0.4) is 0 Å². The maximum atomic E-state index is 6.29. The quantitative estimate of drug-likeness (QED) is 0.622. The molecule has 1 aromatic carbocycles. The van der Waals surface area contributed by atoms with E-state index in [1.807, 2.05) is 31.3 Å². The predicted molar refractivity (Wildman–Crippen MR) is 89.6 cm³/mol. The van der Waals surface area contributed by atoms with Crippen molar-refractivity contribution in [2.24, 2.45) is 0 Å². The Bertz CT molecular complexity index is 776. The zero-order valence-corrected chi connectivity index (χ0v) is 14.1. The van der Waals surface area contributed by atoms with Gasteiger partial charge in [-0.2, -0.15) is 0 Å². The molecule has 110 valence electrons. The fourth-order valence-corrected chi connectivity index (χ4v) is 3.55. The lowest BCUT2D eigenvalue weighted by atomic mass is 10.3. The number of aryl methyl sites for hydroxylation is 1. The van der Waals surface area contributed by atoms with Crippen LogP contribution in [0.25, 0.3) is 11.0 Å². The third-order valence-corrected chi connectivity index (χ3v) is 4.98. The molecule has 1 atom stereocenters. The zero-order valence-electron chi connectivity index (χ0n) is 11.8. The molecule has 0 radical (unpaired) electrons. The van der Waals surface area contributed by atoms with E-state index in [0.29, 0.717) is 11.6 Å². The van der Waals surface area contributed by atoms with E-state index in [-0.39, 0.29) is 5.38 Å². The number of rotatable bonds is 4. The van der Waals surface area contributed by atoms with E-state index in [1.54, 1.807) is 11.3 Å². The first-order valence-electron chi connectivity index (χ1n) is 6.82. The molecule has 21 heavy (non-hydrogen) atoms. The molecule has 0 aliphatic heterocycles. The summed E-state index contributed by atoms with van der Waals surface area (Å²) >= 11 is 14.3. The number of hydrogen-bond acceptors (Lipinski definition) is 3. The van der Waals surface area contributed by atoms with Crippen LogP contribution in [-0.2, 0) is 13.0 Å². The number of para-hydroxylation sites is 1. The number of thiazole rings is 1. The van der Waals surface area contributed by atoms with Crippen LogP contribution in [0.2, 0.25) is 5.02 Å². The third kappa shape index (κ3) is 2.80. The number of fused-ring (bicyclic) bond motifs is 1. The molecule has 0 aliphatic carbocycles. The van der Waals surface area contributed by atoms with Gasteiger partial charge in [0.1, 0.15) is 16.3 Å². The van der Waals surface area contributed by atoms with E-state index in [0.717, 1.165) is 28.3 Å². The number of halogens is 2. The Balaban J connectivity index is 2.11. The monoisotopic (exact) mass is 339 g/mol. The Morgan fingerprint density at radius 1 is 1.38 bits per heavy atom. The summed E-state index contributed by atoms with van der Waals surface area (Å²) in [4.78, 5) is 10.4. The number of imidazole rings is 1. The van der Waals surface area contributed by atoms with Gasteiger partial charge in [-0.1, -0.05) is 24.6 Å². The van der Waals surface area contributed by atoms with Crippen LogP contribution < -0.4 is 0 Å². The molecule has 0 saturated carbocycles. The number of nitrogens with zero attached hydrogens (tertiary/aromatic N) is 3. The number of aromatic nitrogens is 3. The Hall–Kier alpha value is -1.10. The van der Waals surface area contributed by atoms with Crippen molar-refractivity contribution in [3.8, 4) is 0 Å². The normalized spacial score (nSPS) is 13.0. The van der Waals surface area contributed by atoms with Crippen LogP contribution >= 0.6 is 34.5 Å². The Labute approximate surface area is 137 Å². The van der Waals surface area contributed by atoms with Gasteiger partial charge in [-0.15, -0.1) is 22.9 Å². The summed E-state index contributed by atoms with van der Waals surface area (Å²) in [5.41, 5.74) is 1.80. The summed E-state index contributed by atoms with van der Waals surface area (Å²) in [7, 11) is 0. The number of alkyl halides is 1. The van der Waals surface area contributed by atoms with E-state index < -0.39 is 0 Å². The van der Waals surface area contributed by atoms with Crippen molar-refractivity contribution in [1.82, 2.24) is 14.5 Å². The average molecular weight is 340 g/mol. The molecule has 0 spiro atoms. The molecule has 6 heteroatoms. The summed E-state index contributed by atoms with van der Waals surface area (Å²) in [6.45, 7) is 4.73. The second-order valence-electron chi connectivity index (χ2n) is 4.85. The van der Waals surface area contributed by atoms with Crippen LogP contribution in [-0.4, -0.2) is 14.5 Å². The largest absolute Gasteiger partial charge is 0.320 e. The van der Waals surface area contributed by atoms with Crippen LogP contribution in [0.4, 0.5) is 0 Å². The first-order valence-corrected chi connectivity index (χ1v) is 8.45. The molecule has 3 aromatic rings. The van der Waals surface area contributed by atoms with Gasteiger partial charge >= 0.3 is 0 Å². The van der Waals surface area contributed by atoms with Gasteiger partial charge in [-0.3, -0.25) is 0 Å². The number of benzene rings is 1. The Kier molecular flexibility index (Phi) is 4.20. The molecule has 0 saturated heterocycles. The highest BCUT2D eigenvalue weighted by Crippen LogP contribution is 2.30. The molecule has 2 heterocycles. The first-order chi connectivity index (χ1) is 10.1. The van der Waals surface area contributed by atoms with E-state index in [2.05, 4.69) is 21.5 Å². The average Bonchev–Trinajstić information content (AvgIpc) is 3.05. The zero-order chi connectivity index (χ0) is 15.0. The summed E-state index contributed by atoms with van der Waals surface area (Å²) in [6.07, 6.45) is 2.95. The maximum absolute atomic E-state index is 6.29. The highest BCUT2D eigenvalue weighted by molar-refractivity contribution is 7.11. The van der Waals surface area contributed by atoms with E-state index in [1.165, 1.54) is 4.88 Å². The molecule has 0 aliphatic rings. The SMILES string of the molecule is CCc1cnc(Cn2c(C(C)Cl)nc3c(Cl)cccc32)s1. The molecular weight excluding hydrogens is 325 g/mol. The van der Waals surface area contributed by atoms with Gasteiger partial charge in [0, 0.05) is 11.1 Å². The minimum Gasteiger partial charge on any atom is -0.320 e. The smallest absolute Gasteiger partial charge is 0.128 e. The topological polar surface area (TPSA) is 30.7 Å². The highest BCUT2D eigenvalue weighted by Gasteiger charge is 2.17. The fraction of sp³-hybridized carbons (Fsp3) is 0.333. The molecule has 0 amide bonds. The summed E-state index contributed by atoms with van der Waals surface area (Å²) < 4.78 is 2.11. The maximum Gasteiger partial charge on any atom is 0.128 e. The molecule has 0 fully saturated rings. The van der Waals surface area contributed by atoms with Crippen molar-refractivity contribution >= 4 is 45.6 Å². The number of hydrogen-bond donors (Lipinski definition) is 0. The Morgan fingerprint density at radius 3 is 2.86 bits per heavy atom. The van der Waals surface area contributed by atoms with Crippen LogP contribution in [0, 0.1) is 0 Å². The Morgan fingerprint density at radius 2 is 2.19 bits per heavy atom. The van der Waals surface area contributed by atoms with E-state index in [4.69, 9.17) is 23.2 Å². The van der Waals surface area contributed by atoms with Crippen LogP contribution in [0.5, 0.6) is 0 Å². The molecular formula is C15H15Cl2N3S. The van der Waals surface area contributed by atoms with Crippen molar-refractivity contribution in [2.45, 2.75) is 32.2 Å². The lowest BCUT2D eigenvalue weighted by Gasteiger charge is -2.08. The van der Waals surface area contributed by atoms with Crippen molar-refractivity contribution in [1.29, 1.82) is 0 Å². The molecule has 1 unspecified atom stereocenters. The molecule has 0 bridgehead atoms. The summed E-state index contributed by atoms with van der Waals surface area (Å²) in [5.74, 6) is 0.827. The molecule has 2 aromatic heterocycles. The minimum absolute atomic E-state index is 0.181. The second-order valence-corrected chi connectivity index (χ2v) is 7.12. The lowest BCUT2D eigenvalue weighted by Crippen LogP contribution is -2.05. The van der Waals surface area contributed by atoms with Gasteiger partial charge in [0.25, 0.3) is 0 Å². The van der Waals surface area contributed by atoms with Gasteiger partial charge in [-0.05, 0) is 25.5 Å². The van der Waals surface area contributed by atoms with Gasteiger partial charge in [0.15, 0.2) is 0 Å². The molecule has 3 nitrogen and oxygen atoms in total. The summed E-state index contributed by atoms with van der Waals surface area (Å²) in [6, 6.07) is 5.80. The van der Waals surface area contributed by atoms with Crippen LogP contribution in [0.15, 0.2) is 24.4 Å². The third-order valence-electron chi connectivity index (χ3n) is 3.36. The molecule has 0 N–H and O–H groups in total. The first kappa shape index (κ1) is 14.8. The van der Waals surface area contributed by atoms with E-state index in [9.17, 15) is 0 Å². The van der Waals surface area contributed by atoms with Gasteiger partial charge < -0.3 is 4.57 Å². The highest BCUT2D eigenvalue weighted by atomic mass is 35.5. The van der Waals surface area contributed by atoms with Crippen molar-refractivity contribution < 1.29 is 0 Å². The standard InChI is InChI=1S/C15H15Cl2N3S/c1-3-10-7-18-13(21-10)8-20-12-6-4-5-11(17)14(12)19-15(20)9(2)16/h4-7,9H,3,8H2,1-2H3. The van der Waals surface area contributed by atoms with Crippen LogP contribution in [0.1, 0.15) is 34.9 Å². The minimum atomic E-state index is -0.181. The fourth-order valence-electron chi connectivity index (χ4n) is 2.32. The van der Waals surface area contributed by atoms with Gasteiger partial charge in [0.05, 0.1) is 22.5 Å². The van der Waals surface area contributed by atoms with Gasteiger partial charge in [0.2, 0.25) is 0 Å².